The molecule has 2 heteroatoms. The van der Waals surface area contributed by atoms with Gasteiger partial charge in [-0.3, -0.25) is 0 Å². The van der Waals surface area contributed by atoms with Crippen molar-refractivity contribution in [1.29, 1.82) is 0 Å². The van der Waals surface area contributed by atoms with Gasteiger partial charge < -0.3 is 8.83 Å². The van der Waals surface area contributed by atoms with Crippen LogP contribution >= 0.6 is 0 Å². The standard InChI is InChI=1S/C44H28.2C42H26O/c1-2-13-30(14-3-1)43-36-20-8-10-22-38(36)44(39-23-11-9-21-37(39)43)40-24-12-16-29-25-26-32(28-41(29)40)42-27-31-15-4-5-17-33(31)34-18-6-7-19-35(34)42;1-2-12-28(13-3-1)40-31-15-4-6-17-33(31)41(34-18-7-5-16-32(34)40)35-21-10-14-27-24-25-29(26-37(27)35)30-20-11-23-39-42(30)36-19-8-9-22-38(36)43-39;1-2-11-28(12-3-1)41-32-15-4-6-17-34(32)42(35-18-7-5-16-33(35)41)36-19-10-13-27-21-22-29(25-37(27)36)30-23-24-40-38(26-30)31-14-8-9-20-39(31)43-40/h1-28H;2*1-26H. The average Bonchev–Trinajstić information content (AvgIpc) is 0.958. The van der Waals surface area contributed by atoms with E-state index < -0.39 is 0 Å². The fourth-order valence-corrected chi connectivity index (χ4v) is 21.2. The lowest BCUT2D eigenvalue weighted by molar-refractivity contribution is 0.668. The lowest BCUT2D eigenvalue weighted by atomic mass is 9.84. The van der Waals surface area contributed by atoms with Gasteiger partial charge in [-0.15, -0.1) is 0 Å². The van der Waals surface area contributed by atoms with Gasteiger partial charge in [0, 0.05) is 21.5 Å². The molecule has 0 N–H and O–H groups in total. The third-order valence-corrected chi connectivity index (χ3v) is 26.9. The van der Waals surface area contributed by atoms with E-state index in [1.165, 1.54) is 219 Å². The molecule has 0 radical (unpaired) electrons. The Morgan fingerprint density at radius 3 is 0.808 bits per heavy atom. The quantitative estimate of drug-likeness (QED) is 0.106. The normalized spacial score (nSPS) is 11.7. The Balaban J connectivity index is 0.000000105. The van der Waals surface area contributed by atoms with Crippen molar-refractivity contribution in [2.45, 2.75) is 0 Å². The van der Waals surface area contributed by atoms with E-state index in [1.807, 2.05) is 24.3 Å². The molecule has 0 spiro atoms. The van der Waals surface area contributed by atoms with Crippen LogP contribution in [0.3, 0.4) is 0 Å². The first-order valence-corrected chi connectivity index (χ1v) is 44.8. The van der Waals surface area contributed by atoms with E-state index in [0.29, 0.717) is 0 Å². The Labute approximate surface area is 751 Å². The number of rotatable bonds is 9. The molecular formula is C128H80O2. The van der Waals surface area contributed by atoms with Crippen LogP contribution in [0.4, 0.5) is 0 Å². The smallest absolute Gasteiger partial charge is 0.136 e. The van der Waals surface area contributed by atoms with Crippen LogP contribution in [0, 0.1) is 0 Å². The molecule has 0 atom stereocenters. The molecule has 604 valence electrons. The molecule has 130 heavy (non-hydrogen) atoms. The highest BCUT2D eigenvalue weighted by Gasteiger charge is 2.25. The first-order chi connectivity index (χ1) is 64.5. The summed E-state index contributed by atoms with van der Waals surface area (Å²) in [5, 5.41) is 32.5. The van der Waals surface area contributed by atoms with E-state index in [9.17, 15) is 0 Å². The Hall–Kier alpha value is -17.0. The zero-order valence-corrected chi connectivity index (χ0v) is 71.0. The van der Waals surface area contributed by atoms with E-state index in [4.69, 9.17) is 8.83 Å². The maximum atomic E-state index is 6.24. The van der Waals surface area contributed by atoms with Crippen LogP contribution in [-0.4, -0.2) is 0 Å². The lowest BCUT2D eigenvalue weighted by Gasteiger charge is -2.19. The summed E-state index contributed by atoms with van der Waals surface area (Å²) in [6, 6.07) is 176. The van der Waals surface area contributed by atoms with Crippen molar-refractivity contribution in [1.82, 2.24) is 0 Å². The maximum absolute atomic E-state index is 6.24. The molecule has 0 fully saturated rings. The Kier molecular flexibility index (Phi) is 18.3. The van der Waals surface area contributed by atoms with Gasteiger partial charge >= 0.3 is 0 Å². The second-order valence-corrected chi connectivity index (χ2v) is 34.1. The third kappa shape index (κ3) is 12.7. The van der Waals surface area contributed by atoms with Crippen molar-refractivity contribution in [3.8, 4) is 100 Å². The van der Waals surface area contributed by atoms with E-state index in [2.05, 4.69) is 461 Å². The summed E-state index contributed by atoms with van der Waals surface area (Å²) < 4.78 is 12.4. The van der Waals surface area contributed by atoms with Gasteiger partial charge in [-0.1, -0.05) is 431 Å². The molecule has 0 unspecified atom stereocenters. The van der Waals surface area contributed by atoms with E-state index in [-0.39, 0.29) is 0 Å². The molecule has 0 aliphatic rings. The summed E-state index contributed by atoms with van der Waals surface area (Å²) in [7, 11) is 0. The highest BCUT2D eigenvalue weighted by Crippen LogP contribution is 2.52. The summed E-state index contributed by atoms with van der Waals surface area (Å²) in [4.78, 5) is 0. The molecule has 27 rings (SSSR count). The van der Waals surface area contributed by atoms with Crippen LogP contribution < -0.4 is 0 Å². The average molecular weight is 1650 g/mol. The predicted molar refractivity (Wildman–Crippen MR) is 555 cm³/mol. The predicted octanol–water partition coefficient (Wildman–Crippen LogP) is 36.5. The number of furan rings is 2. The summed E-state index contributed by atoms with van der Waals surface area (Å²) in [6.45, 7) is 0. The SMILES string of the molecule is c1ccc(-c2c3ccccc3c(-c3cccc4ccc(-c5cc6ccccc6c6ccccc56)cc34)c3ccccc23)cc1.c1ccc(-c2c3ccccc3c(-c3cccc4ccc(-c5ccc6oc7ccccc7c6c5)cc34)c3ccccc23)cc1.c1ccc(-c2c3ccccc3c(-c3cccc4ccc(-c5cccc6oc7ccccc7c56)cc34)c3ccccc23)cc1. The van der Waals surface area contributed by atoms with Crippen LogP contribution in [0.2, 0.25) is 0 Å². The molecule has 0 saturated carbocycles. The minimum atomic E-state index is 0.917. The van der Waals surface area contributed by atoms with Gasteiger partial charge in [0.1, 0.15) is 22.3 Å². The van der Waals surface area contributed by atoms with Crippen LogP contribution in [-0.2, 0) is 0 Å². The monoisotopic (exact) mass is 1650 g/mol. The second-order valence-electron chi connectivity index (χ2n) is 34.1. The van der Waals surface area contributed by atoms with Gasteiger partial charge in [0.2, 0.25) is 0 Å². The van der Waals surface area contributed by atoms with Crippen LogP contribution in [0.5, 0.6) is 0 Å². The zero-order valence-electron chi connectivity index (χ0n) is 71.0. The van der Waals surface area contributed by atoms with Gasteiger partial charge in [0.15, 0.2) is 0 Å². The summed E-state index contributed by atoms with van der Waals surface area (Å²) in [5.41, 5.74) is 26.2. The van der Waals surface area contributed by atoms with Crippen molar-refractivity contribution >= 4 is 162 Å². The molecule has 0 amide bonds. The molecule has 0 saturated heterocycles. The Morgan fingerprint density at radius 2 is 0.377 bits per heavy atom. The summed E-state index contributed by atoms with van der Waals surface area (Å²) in [5.74, 6) is 0. The number of fused-ring (bicyclic) bond motifs is 18. The molecule has 2 nitrogen and oxygen atoms in total. The first-order valence-electron chi connectivity index (χ1n) is 44.8. The van der Waals surface area contributed by atoms with Crippen molar-refractivity contribution in [3.05, 3.63) is 485 Å². The second kappa shape index (κ2) is 31.6. The highest BCUT2D eigenvalue weighted by molar-refractivity contribution is 6.28. The molecule has 2 heterocycles. The number of hydrogen-bond acceptors (Lipinski definition) is 2. The van der Waals surface area contributed by atoms with Crippen LogP contribution in [0.25, 0.3) is 263 Å². The van der Waals surface area contributed by atoms with Gasteiger partial charge in [0.05, 0.1) is 0 Å². The van der Waals surface area contributed by atoms with Crippen molar-refractivity contribution in [2.24, 2.45) is 0 Å². The Bertz CT molecular complexity index is 9060. The lowest BCUT2D eigenvalue weighted by Crippen LogP contribution is -1.92. The van der Waals surface area contributed by atoms with Crippen LogP contribution in [0.15, 0.2) is 494 Å². The van der Waals surface area contributed by atoms with Gasteiger partial charge in [-0.25, -0.2) is 0 Å². The maximum Gasteiger partial charge on any atom is 0.136 e. The molecule has 27 aromatic rings. The largest absolute Gasteiger partial charge is 0.456 e. The topological polar surface area (TPSA) is 26.3 Å². The van der Waals surface area contributed by atoms with Crippen molar-refractivity contribution < 1.29 is 8.83 Å². The van der Waals surface area contributed by atoms with Crippen molar-refractivity contribution in [2.75, 3.05) is 0 Å². The van der Waals surface area contributed by atoms with E-state index in [1.54, 1.807) is 0 Å². The summed E-state index contributed by atoms with van der Waals surface area (Å²) >= 11 is 0. The molecule has 0 aliphatic heterocycles. The third-order valence-electron chi connectivity index (χ3n) is 26.9. The molecule has 2 aromatic heterocycles. The molecule has 25 aromatic carbocycles. The molecule has 0 bridgehead atoms. The number of para-hydroxylation sites is 2. The summed E-state index contributed by atoms with van der Waals surface area (Å²) in [6.07, 6.45) is 0. The van der Waals surface area contributed by atoms with E-state index >= 15 is 0 Å². The van der Waals surface area contributed by atoms with Gasteiger partial charge in [-0.05, 0) is 273 Å². The van der Waals surface area contributed by atoms with E-state index in [0.717, 1.165) is 43.9 Å². The molecular weight excluding hydrogens is 1570 g/mol. The Morgan fingerprint density at radius 1 is 0.108 bits per heavy atom. The highest BCUT2D eigenvalue weighted by atomic mass is 16.3. The van der Waals surface area contributed by atoms with Crippen LogP contribution in [0.1, 0.15) is 0 Å². The van der Waals surface area contributed by atoms with Gasteiger partial charge in [0.25, 0.3) is 0 Å². The fourth-order valence-electron chi connectivity index (χ4n) is 21.2. The first kappa shape index (κ1) is 75.5. The number of benzene rings is 25. The molecule has 0 aliphatic carbocycles. The zero-order chi connectivity index (χ0) is 85.7. The fraction of sp³-hybridized carbons (Fsp3) is 0. The minimum Gasteiger partial charge on any atom is -0.456 e. The van der Waals surface area contributed by atoms with Crippen molar-refractivity contribution in [3.63, 3.8) is 0 Å². The number of hydrogen-bond donors (Lipinski definition) is 0. The van der Waals surface area contributed by atoms with Gasteiger partial charge in [-0.2, -0.15) is 0 Å². The minimum absolute atomic E-state index is 0.917.